The molecule has 0 aromatic carbocycles. The van der Waals surface area contributed by atoms with Gasteiger partial charge in [0.1, 0.15) is 0 Å². The molecular formula is C2H4CdOS. The average Bonchev–Trinajstić information content (AvgIpc) is 0.811. The van der Waals surface area contributed by atoms with Crippen molar-refractivity contribution in [3.63, 3.8) is 0 Å². The van der Waals surface area contributed by atoms with Crippen LogP contribution in [0.5, 0.6) is 0 Å². The van der Waals surface area contributed by atoms with Gasteiger partial charge in [0.25, 0.3) is 0 Å². The first-order valence-corrected chi connectivity index (χ1v) is 1.37. The minimum absolute atomic E-state index is 0. The topological polar surface area (TPSA) is 17.1 Å². The van der Waals surface area contributed by atoms with Crippen molar-refractivity contribution in [1.82, 2.24) is 0 Å². The maximum Gasteiger partial charge on any atom is 0.182 e. The van der Waals surface area contributed by atoms with Gasteiger partial charge >= 0.3 is 0 Å². The van der Waals surface area contributed by atoms with Gasteiger partial charge in [-0.1, -0.05) is 0 Å². The number of carbonyl (C=O) groups excluding carboxylic acids is 1. The zero-order valence-electron chi connectivity index (χ0n) is 3.06. The van der Waals surface area contributed by atoms with E-state index in [1.165, 1.54) is 6.92 Å². The van der Waals surface area contributed by atoms with E-state index in [2.05, 4.69) is 12.6 Å². The van der Waals surface area contributed by atoms with Crippen molar-refractivity contribution in [2.24, 2.45) is 0 Å². The summed E-state index contributed by atoms with van der Waals surface area (Å²) in [4.78, 5) is 9.31. The molecule has 0 heterocycles. The first kappa shape index (κ1) is 9.34. The number of thiol groups is 1. The molecule has 0 N–H and O–H groups in total. The zero-order valence-corrected chi connectivity index (χ0v) is 7.99. The summed E-state index contributed by atoms with van der Waals surface area (Å²) in [6, 6.07) is 0. The Labute approximate surface area is 56.7 Å². The van der Waals surface area contributed by atoms with Gasteiger partial charge in [-0.15, -0.1) is 12.6 Å². The molecule has 1 nitrogen and oxygen atoms in total. The Morgan fingerprint density at radius 3 is 1.80 bits per heavy atom. The van der Waals surface area contributed by atoms with Gasteiger partial charge in [0.15, 0.2) is 5.12 Å². The molecule has 0 saturated heterocycles. The van der Waals surface area contributed by atoms with Gasteiger partial charge < -0.3 is 0 Å². The van der Waals surface area contributed by atoms with Crippen LogP contribution in [-0.2, 0) is 32.1 Å². The third kappa shape index (κ3) is 48.2. The van der Waals surface area contributed by atoms with Crippen molar-refractivity contribution in [2.75, 3.05) is 0 Å². The second-order valence-corrected chi connectivity index (χ2v) is 1.15. The van der Waals surface area contributed by atoms with Crippen LogP contribution >= 0.6 is 12.6 Å². The summed E-state index contributed by atoms with van der Waals surface area (Å²) in [5, 5.41) is -0.139. The molecule has 0 atom stereocenters. The van der Waals surface area contributed by atoms with Crippen molar-refractivity contribution >= 4 is 17.7 Å². The number of hydrogen-bond acceptors (Lipinski definition) is 1. The molecule has 0 aliphatic heterocycles. The largest absolute Gasteiger partial charge is 0.288 e. The van der Waals surface area contributed by atoms with Gasteiger partial charge in [-0.05, 0) is 0 Å². The molecule has 0 aromatic heterocycles. The second kappa shape index (κ2) is 4.94. The quantitative estimate of drug-likeness (QED) is 0.432. The van der Waals surface area contributed by atoms with Crippen molar-refractivity contribution in [3.8, 4) is 0 Å². The zero-order chi connectivity index (χ0) is 3.58. The third-order valence-electron chi connectivity index (χ3n) is 0. The first-order chi connectivity index (χ1) is 1.73. The van der Waals surface area contributed by atoms with E-state index in [1.807, 2.05) is 0 Å². The van der Waals surface area contributed by atoms with E-state index in [4.69, 9.17) is 0 Å². The molecule has 0 aromatic rings. The first-order valence-electron chi connectivity index (χ1n) is 0.928. The Kier molecular flexibility index (Phi) is 9.23. The summed E-state index contributed by atoms with van der Waals surface area (Å²) in [6.45, 7) is 1.39. The Bertz CT molecular complexity index is 32.6. The maximum absolute atomic E-state index is 9.31. The Morgan fingerprint density at radius 2 is 1.80 bits per heavy atom. The van der Waals surface area contributed by atoms with Crippen LogP contribution in [-0.4, -0.2) is 5.12 Å². The van der Waals surface area contributed by atoms with Crippen LogP contribution in [0.15, 0.2) is 0 Å². The SMILES string of the molecule is CC(=O)S.[Cd]. The monoisotopic (exact) mass is 190 g/mol. The summed E-state index contributed by atoms with van der Waals surface area (Å²) in [5.74, 6) is 0. The van der Waals surface area contributed by atoms with Crippen LogP contribution in [0, 0.1) is 0 Å². The molecule has 0 aliphatic rings. The van der Waals surface area contributed by atoms with Gasteiger partial charge in [-0.3, -0.25) is 4.79 Å². The molecule has 0 amide bonds. The van der Waals surface area contributed by atoms with Crippen molar-refractivity contribution in [3.05, 3.63) is 0 Å². The molecular weight excluding hydrogens is 184 g/mol. The average molecular weight is 189 g/mol. The smallest absolute Gasteiger partial charge is 0.182 e. The van der Waals surface area contributed by atoms with Crippen LogP contribution in [0.1, 0.15) is 6.92 Å². The van der Waals surface area contributed by atoms with Gasteiger partial charge in [0.05, 0.1) is 0 Å². The molecule has 0 unspecified atom stereocenters. The predicted molar refractivity (Wildman–Crippen MR) is 19.7 cm³/mol. The maximum atomic E-state index is 9.31. The molecule has 26 valence electrons. The molecule has 0 fully saturated rings. The summed E-state index contributed by atoms with van der Waals surface area (Å²) < 4.78 is 0. The number of rotatable bonds is 0. The molecule has 0 rings (SSSR count). The van der Waals surface area contributed by atoms with E-state index < -0.39 is 0 Å². The van der Waals surface area contributed by atoms with E-state index in [-0.39, 0.29) is 32.4 Å². The normalized spacial score (nSPS) is 5.20. The van der Waals surface area contributed by atoms with E-state index in [1.54, 1.807) is 0 Å². The molecule has 0 radical (unpaired) electrons. The van der Waals surface area contributed by atoms with Crippen LogP contribution in [0.4, 0.5) is 0 Å². The number of carbonyl (C=O) groups is 1. The van der Waals surface area contributed by atoms with Crippen LogP contribution < -0.4 is 0 Å². The van der Waals surface area contributed by atoms with E-state index in [0.29, 0.717) is 0 Å². The summed E-state index contributed by atoms with van der Waals surface area (Å²) >= 11 is 3.33. The van der Waals surface area contributed by atoms with Gasteiger partial charge in [-0.2, -0.15) is 0 Å². The summed E-state index contributed by atoms with van der Waals surface area (Å²) in [7, 11) is 0. The fraction of sp³-hybridized carbons (Fsp3) is 0.500. The van der Waals surface area contributed by atoms with Gasteiger partial charge in [0.2, 0.25) is 0 Å². The Morgan fingerprint density at radius 1 is 1.80 bits per heavy atom. The fourth-order valence-electron chi connectivity index (χ4n) is 0. The van der Waals surface area contributed by atoms with Gasteiger partial charge in [-0.25, -0.2) is 0 Å². The van der Waals surface area contributed by atoms with Gasteiger partial charge in [0, 0.05) is 34.2 Å². The third-order valence-corrected chi connectivity index (χ3v) is 0. The van der Waals surface area contributed by atoms with Crippen LogP contribution in [0.2, 0.25) is 0 Å². The number of hydrogen-bond donors (Lipinski definition) is 1. The van der Waals surface area contributed by atoms with Crippen molar-refractivity contribution in [2.45, 2.75) is 6.92 Å². The molecule has 0 aliphatic carbocycles. The molecule has 5 heavy (non-hydrogen) atoms. The van der Waals surface area contributed by atoms with Crippen LogP contribution in [0.25, 0.3) is 0 Å². The predicted octanol–water partition coefficient (Wildman–Crippen LogP) is 0.460. The second-order valence-electron chi connectivity index (χ2n) is 0.519. The van der Waals surface area contributed by atoms with E-state index in [0.717, 1.165) is 0 Å². The Hall–Kier alpha value is 0.942. The summed E-state index contributed by atoms with van der Waals surface area (Å²) in [5.41, 5.74) is 0. The van der Waals surface area contributed by atoms with E-state index >= 15 is 0 Å². The molecule has 3 heteroatoms. The molecule has 0 saturated carbocycles. The fourth-order valence-corrected chi connectivity index (χ4v) is 0. The van der Waals surface area contributed by atoms with E-state index in [9.17, 15) is 4.79 Å². The molecule has 0 bridgehead atoms. The minimum Gasteiger partial charge on any atom is -0.288 e. The van der Waals surface area contributed by atoms with Crippen molar-refractivity contribution < 1.29 is 32.1 Å². The van der Waals surface area contributed by atoms with Crippen molar-refractivity contribution in [1.29, 1.82) is 0 Å². The molecule has 0 spiro atoms. The standard InChI is InChI=1S/C2H4OS.Cd/c1-2(3)4;/h1H3,(H,3,4);. The summed E-state index contributed by atoms with van der Waals surface area (Å²) in [6.07, 6.45) is 0. The van der Waals surface area contributed by atoms with Crippen LogP contribution in [0.3, 0.4) is 0 Å². The minimum atomic E-state index is -0.139. The Balaban J connectivity index is 0.